The van der Waals surface area contributed by atoms with Crippen molar-refractivity contribution in [3.63, 3.8) is 0 Å². The van der Waals surface area contributed by atoms with Crippen LogP contribution in [0.15, 0.2) is 12.1 Å². The second-order valence-electron chi connectivity index (χ2n) is 6.67. The van der Waals surface area contributed by atoms with E-state index in [-0.39, 0.29) is 5.97 Å². The van der Waals surface area contributed by atoms with Crippen molar-refractivity contribution in [1.82, 2.24) is 0 Å². The molecule has 0 radical (unpaired) electrons. The van der Waals surface area contributed by atoms with Gasteiger partial charge < -0.3 is 14.2 Å². The fourth-order valence-corrected chi connectivity index (χ4v) is 2.20. The molecule has 5 heteroatoms. The Morgan fingerprint density at radius 1 is 1.20 bits per heavy atom. The number of ether oxygens (including phenoxy) is 3. The molecule has 0 spiro atoms. The summed E-state index contributed by atoms with van der Waals surface area (Å²) in [6, 6.07) is 3.34. The van der Waals surface area contributed by atoms with E-state index in [1.807, 2.05) is 20.8 Å². The third-order valence-corrected chi connectivity index (χ3v) is 3.41. The number of hydrogen-bond acceptors (Lipinski definition) is 5. The summed E-state index contributed by atoms with van der Waals surface area (Å²) in [5.74, 6) is 2.38. The lowest BCUT2D eigenvalue weighted by molar-refractivity contribution is -0.154. The van der Waals surface area contributed by atoms with Gasteiger partial charge in [-0.3, -0.25) is 4.79 Å². The Morgan fingerprint density at radius 3 is 2.44 bits per heavy atom. The number of rotatable bonds is 7. The predicted octanol–water partition coefficient (Wildman–Crippen LogP) is 3.65. The Bertz CT molecular complexity index is 662. The van der Waals surface area contributed by atoms with E-state index in [9.17, 15) is 9.59 Å². The summed E-state index contributed by atoms with van der Waals surface area (Å²) in [4.78, 5) is 23.5. The van der Waals surface area contributed by atoms with E-state index in [4.69, 9.17) is 20.6 Å². The Hall–Kier alpha value is -2.48. The highest BCUT2D eigenvalue weighted by Gasteiger charge is 2.16. The molecule has 0 bridgehead atoms. The predicted molar refractivity (Wildman–Crippen MR) is 95.6 cm³/mol. The van der Waals surface area contributed by atoms with Gasteiger partial charge in [0.05, 0.1) is 19.3 Å². The molecule has 0 aliphatic carbocycles. The molecule has 1 aromatic carbocycles. The first-order valence-electron chi connectivity index (χ1n) is 8.22. The van der Waals surface area contributed by atoms with Gasteiger partial charge in [-0.15, -0.1) is 6.42 Å². The maximum Gasteiger partial charge on any atom is 0.338 e. The standard InChI is InChI=1S/C20H26O5/c1-7-15-12-16(13-17(14(15)2)19(22)23-6)24-11-9-8-10-18(21)25-20(3,4)5/h1,12-13H,8-11H2,2-6H3. The number of esters is 2. The van der Waals surface area contributed by atoms with Gasteiger partial charge in [-0.1, -0.05) is 5.92 Å². The Balaban J connectivity index is 2.57. The number of hydrogen-bond donors (Lipinski definition) is 0. The Morgan fingerprint density at radius 2 is 1.88 bits per heavy atom. The third-order valence-electron chi connectivity index (χ3n) is 3.41. The minimum absolute atomic E-state index is 0.217. The van der Waals surface area contributed by atoms with Crippen LogP contribution in [0.1, 0.15) is 61.5 Å². The monoisotopic (exact) mass is 346 g/mol. The van der Waals surface area contributed by atoms with E-state index in [0.29, 0.717) is 48.3 Å². The fourth-order valence-electron chi connectivity index (χ4n) is 2.20. The average molecular weight is 346 g/mol. The van der Waals surface area contributed by atoms with Crippen molar-refractivity contribution < 1.29 is 23.8 Å². The molecule has 0 atom stereocenters. The average Bonchev–Trinajstić information content (AvgIpc) is 2.53. The summed E-state index contributed by atoms with van der Waals surface area (Å²) < 4.78 is 15.7. The molecule has 0 saturated heterocycles. The molecule has 0 saturated carbocycles. The number of terminal acetylenes is 1. The maximum atomic E-state index is 11.8. The number of carbonyl (C=O) groups is 2. The van der Waals surface area contributed by atoms with Gasteiger partial charge in [0, 0.05) is 12.0 Å². The van der Waals surface area contributed by atoms with E-state index >= 15 is 0 Å². The minimum atomic E-state index is -0.467. The molecule has 0 aromatic heterocycles. The van der Waals surface area contributed by atoms with Crippen molar-refractivity contribution in [2.45, 2.75) is 52.6 Å². The van der Waals surface area contributed by atoms with Crippen molar-refractivity contribution in [2.24, 2.45) is 0 Å². The molecule has 1 aromatic rings. The van der Waals surface area contributed by atoms with Crippen LogP contribution in [0.4, 0.5) is 0 Å². The lowest BCUT2D eigenvalue weighted by atomic mass is 10.0. The summed E-state index contributed by atoms with van der Waals surface area (Å²) in [6.45, 7) is 7.70. The molecule has 0 aliphatic rings. The molecule has 25 heavy (non-hydrogen) atoms. The van der Waals surface area contributed by atoms with Gasteiger partial charge in [-0.05, 0) is 58.2 Å². The van der Waals surface area contributed by atoms with Crippen molar-refractivity contribution >= 4 is 11.9 Å². The lowest BCUT2D eigenvalue weighted by Crippen LogP contribution is -2.23. The number of methoxy groups -OCH3 is 1. The Kier molecular flexibility index (Phi) is 7.50. The summed E-state index contributed by atoms with van der Waals surface area (Å²) >= 11 is 0. The highest BCUT2D eigenvalue weighted by atomic mass is 16.6. The first kappa shape index (κ1) is 20.6. The SMILES string of the molecule is C#Cc1cc(OCCCCC(=O)OC(C)(C)C)cc(C(=O)OC)c1C. The van der Waals surface area contributed by atoms with Crippen LogP contribution in [-0.4, -0.2) is 31.3 Å². The first-order valence-corrected chi connectivity index (χ1v) is 8.22. The first-order chi connectivity index (χ1) is 11.7. The van der Waals surface area contributed by atoms with E-state index < -0.39 is 11.6 Å². The summed E-state index contributed by atoms with van der Waals surface area (Å²) in [5.41, 5.74) is 1.20. The third kappa shape index (κ3) is 6.88. The van der Waals surface area contributed by atoms with Crippen LogP contribution in [0.5, 0.6) is 5.75 Å². The highest BCUT2D eigenvalue weighted by Crippen LogP contribution is 2.23. The van der Waals surface area contributed by atoms with Crippen LogP contribution >= 0.6 is 0 Å². The zero-order valence-corrected chi connectivity index (χ0v) is 15.6. The minimum Gasteiger partial charge on any atom is -0.494 e. The summed E-state index contributed by atoms with van der Waals surface area (Å²) in [6.07, 6.45) is 7.17. The lowest BCUT2D eigenvalue weighted by Gasteiger charge is -2.19. The van der Waals surface area contributed by atoms with Gasteiger partial charge in [-0.2, -0.15) is 0 Å². The second kappa shape index (κ2) is 9.12. The second-order valence-corrected chi connectivity index (χ2v) is 6.67. The molecule has 0 amide bonds. The van der Waals surface area contributed by atoms with Gasteiger partial charge in [0.25, 0.3) is 0 Å². The number of carbonyl (C=O) groups excluding carboxylic acids is 2. The van der Waals surface area contributed by atoms with Crippen LogP contribution in [0.25, 0.3) is 0 Å². The van der Waals surface area contributed by atoms with E-state index in [2.05, 4.69) is 5.92 Å². The largest absolute Gasteiger partial charge is 0.494 e. The molecule has 0 unspecified atom stereocenters. The van der Waals surface area contributed by atoms with Crippen LogP contribution in [-0.2, 0) is 14.3 Å². The zero-order valence-electron chi connectivity index (χ0n) is 15.6. The molecule has 5 nitrogen and oxygen atoms in total. The van der Waals surface area contributed by atoms with Gasteiger partial charge in [0.2, 0.25) is 0 Å². The molecular weight excluding hydrogens is 320 g/mol. The molecule has 0 N–H and O–H groups in total. The molecule has 136 valence electrons. The number of unbranched alkanes of at least 4 members (excludes halogenated alkanes) is 1. The van der Waals surface area contributed by atoms with Crippen molar-refractivity contribution in [3.8, 4) is 18.1 Å². The van der Waals surface area contributed by atoms with Crippen LogP contribution in [0.2, 0.25) is 0 Å². The van der Waals surface area contributed by atoms with E-state index in [1.165, 1.54) is 7.11 Å². The molecule has 0 fully saturated rings. The fraction of sp³-hybridized carbons (Fsp3) is 0.500. The maximum absolute atomic E-state index is 11.8. The van der Waals surface area contributed by atoms with Gasteiger partial charge in [0.15, 0.2) is 0 Å². The van der Waals surface area contributed by atoms with Crippen molar-refractivity contribution in [1.29, 1.82) is 0 Å². The van der Waals surface area contributed by atoms with Crippen molar-refractivity contribution in [2.75, 3.05) is 13.7 Å². The highest BCUT2D eigenvalue weighted by molar-refractivity contribution is 5.92. The van der Waals surface area contributed by atoms with Gasteiger partial charge in [0.1, 0.15) is 11.4 Å². The zero-order chi connectivity index (χ0) is 19.0. The molecule has 1 rings (SSSR count). The molecule has 0 heterocycles. The Labute approximate surface area is 149 Å². The summed E-state index contributed by atoms with van der Waals surface area (Å²) in [7, 11) is 1.32. The van der Waals surface area contributed by atoms with Crippen LogP contribution < -0.4 is 4.74 Å². The van der Waals surface area contributed by atoms with Crippen LogP contribution in [0, 0.1) is 19.3 Å². The molecular formula is C20H26O5. The van der Waals surface area contributed by atoms with E-state index in [0.717, 1.165) is 0 Å². The van der Waals surface area contributed by atoms with Crippen molar-refractivity contribution in [3.05, 3.63) is 28.8 Å². The smallest absolute Gasteiger partial charge is 0.338 e. The topological polar surface area (TPSA) is 61.8 Å². The normalized spacial score (nSPS) is 10.7. The number of benzene rings is 1. The summed E-state index contributed by atoms with van der Waals surface area (Å²) in [5, 5.41) is 0. The van der Waals surface area contributed by atoms with Gasteiger partial charge >= 0.3 is 11.9 Å². The van der Waals surface area contributed by atoms with Crippen LogP contribution in [0.3, 0.4) is 0 Å². The quantitative estimate of drug-likeness (QED) is 0.428. The van der Waals surface area contributed by atoms with E-state index in [1.54, 1.807) is 19.1 Å². The molecule has 0 aliphatic heterocycles. The van der Waals surface area contributed by atoms with Gasteiger partial charge in [-0.25, -0.2) is 4.79 Å².